The number of halogens is 1. The molecule has 106 valence electrons. The fraction of sp³-hybridized carbons (Fsp3) is 0.467. The second kappa shape index (κ2) is 8.08. The molecule has 19 heavy (non-hydrogen) atoms. The molecule has 1 aromatic carbocycles. The normalized spacial score (nSPS) is 12.7. The summed E-state index contributed by atoms with van der Waals surface area (Å²) in [6.45, 7) is 7.65. The van der Waals surface area contributed by atoms with Crippen LogP contribution in [-0.4, -0.2) is 26.3 Å². The van der Waals surface area contributed by atoms with Crippen molar-refractivity contribution in [1.82, 2.24) is 5.32 Å². The van der Waals surface area contributed by atoms with Crippen molar-refractivity contribution in [2.24, 2.45) is 0 Å². The molecule has 0 spiro atoms. The van der Waals surface area contributed by atoms with Crippen molar-refractivity contribution < 1.29 is 9.47 Å². The Labute approximate surface area is 120 Å². The Balaban J connectivity index is 2.96. The zero-order valence-corrected chi connectivity index (χ0v) is 12.8. The Hall–Kier alpha value is -1.19. The van der Waals surface area contributed by atoms with E-state index in [-0.39, 0.29) is 0 Å². The summed E-state index contributed by atoms with van der Waals surface area (Å²) >= 11 is 6.19. The van der Waals surface area contributed by atoms with E-state index in [0.29, 0.717) is 29.2 Å². The molecule has 4 heteroatoms. The zero-order valence-electron chi connectivity index (χ0n) is 12.0. The Morgan fingerprint density at radius 3 is 2.68 bits per heavy atom. The average Bonchev–Trinajstić information content (AvgIpc) is 2.37. The topological polar surface area (TPSA) is 30.5 Å². The molecule has 1 aromatic rings. The highest BCUT2D eigenvalue weighted by Crippen LogP contribution is 2.36. The molecule has 0 saturated heterocycles. The third kappa shape index (κ3) is 4.77. The first kappa shape index (κ1) is 15.9. The molecule has 0 bridgehead atoms. The molecule has 0 amide bonds. The maximum Gasteiger partial charge on any atom is 0.179 e. The van der Waals surface area contributed by atoms with Gasteiger partial charge in [0.1, 0.15) is 0 Å². The number of benzene rings is 1. The number of ether oxygens (including phenoxy) is 2. The minimum absolute atomic E-state index is 0.321. The van der Waals surface area contributed by atoms with Crippen LogP contribution in [0, 0.1) is 0 Å². The smallest absolute Gasteiger partial charge is 0.179 e. The summed E-state index contributed by atoms with van der Waals surface area (Å²) in [6, 6.07) is 4.13. The molecule has 1 N–H and O–H groups in total. The van der Waals surface area contributed by atoms with Gasteiger partial charge >= 0.3 is 0 Å². The van der Waals surface area contributed by atoms with Gasteiger partial charge in [0.15, 0.2) is 11.5 Å². The van der Waals surface area contributed by atoms with Crippen molar-refractivity contribution in [3.05, 3.63) is 28.8 Å². The third-order valence-corrected chi connectivity index (χ3v) is 2.92. The summed E-state index contributed by atoms with van der Waals surface area (Å²) < 4.78 is 10.8. The van der Waals surface area contributed by atoms with Crippen LogP contribution in [0.15, 0.2) is 18.2 Å². The van der Waals surface area contributed by atoms with Crippen molar-refractivity contribution in [3.8, 4) is 11.5 Å². The zero-order chi connectivity index (χ0) is 14.3. The quantitative estimate of drug-likeness (QED) is 0.826. The summed E-state index contributed by atoms with van der Waals surface area (Å²) in [7, 11) is 1.59. The number of likely N-dealkylation sites (N-methyl/N-ethyl adjacent to an activating group) is 1. The highest BCUT2D eigenvalue weighted by Gasteiger charge is 2.10. The van der Waals surface area contributed by atoms with E-state index in [1.54, 1.807) is 7.11 Å². The number of hydrogen-bond donors (Lipinski definition) is 1. The van der Waals surface area contributed by atoms with E-state index in [1.165, 1.54) is 0 Å². The van der Waals surface area contributed by atoms with Gasteiger partial charge in [-0.25, -0.2) is 0 Å². The predicted octanol–water partition coefficient (Wildman–Crippen LogP) is 3.76. The Morgan fingerprint density at radius 1 is 1.37 bits per heavy atom. The number of nitrogens with one attached hydrogen (secondary N) is 1. The molecular weight excluding hydrogens is 262 g/mol. The molecular formula is C15H22ClNO2. The second-order valence-corrected chi connectivity index (χ2v) is 4.58. The molecule has 0 aliphatic carbocycles. The molecule has 0 aliphatic heterocycles. The first-order chi connectivity index (χ1) is 9.12. The standard InChI is InChI=1S/C15H22ClNO2/c1-5-17-11(3)7-8-12-9-13(16)15(18-4)14(10-12)19-6-2/h7-11,17H,5-6H2,1-4H3/b8-7+. The lowest BCUT2D eigenvalue weighted by Crippen LogP contribution is -2.22. The molecule has 0 heterocycles. The molecule has 1 atom stereocenters. The summed E-state index contributed by atoms with van der Waals surface area (Å²) in [5, 5.41) is 3.88. The highest BCUT2D eigenvalue weighted by molar-refractivity contribution is 6.32. The van der Waals surface area contributed by atoms with Crippen LogP contribution in [0.1, 0.15) is 26.3 Å². The summed E-state index contributed by atoms with van der Waals surface area (Å²) in [5.41, 5.74) is 0.999. The van der Waals surface area contributed by atoms with Crippen molar-refractivity contribution >= 4 is 17.7 Å². The summed E-state index contributed by atoms with van der Waals surface area (Å²) in [5.74, 6) is 1.26. The van der Waals surface area contributed by atoms with Gasteiger partial charge in [0, 0.05) is 6.04 Å². The van der Waals surface area contributed by atoms with E-state index in [2.05, 4.69) is 25.2 Å². The van der Waals surface area contributed by atoms with E-state index in [4.69, 9.17) is 21.1 Å². The van der Waals surface area contributed by atoms with E-state index >= 15 is 0 Å². The van der Waals surface area contributed by atoms with Crippen molar-refractivity contribution in [3.63, 3.8) is 0 Å². The van der Waals surface area contributed by atoms with Gasteiger partial charge in [0.05, 0.1) is 18.7 Å². The monoisotopic (exact) mass is 283 g/mol. The van der Waals surface area contributed by atoms with Crippen LogP contribution in [0.5, 0.6) is 11.5 Å². The lowest BCUT2D eigenvalue weighted by molar-refractivity contribution is 0.311. The van der Waals surface area contributed by atoms with Crippen molar-refractivity contribution in [2.75, 3.05) is 20.3 Å². The Morgan fingerprint density at radius 2 is 2.11 bits per heavy atom. The fourth-order valence-electron chi connectivity index (χ4n) is 1.79. The van der Waals surface area contributed by atoms with Gasteiger partial charge in [0.25, 0.3) is 0 Å². The van der Waals surface area contributed by atoms with Crippen molar-refractivity contribution in [1.29, 1.82) is 0 Å². The maximum absolute atomic E-state index is 6.19. The maximum atomic E-state index is 6.19. The van der Waals surface area contributed by atoms with Crippen LogP contribution in [0.4, 0.5) is 0 Å². The van der Waals surface area contributed by atoms with Crippen LogP contribution in [-0.2, 0) is 0 Å². The van der Waals surface area contributed by atoms with Crippen LogP contribution in [0.25, 0.3) is 6.08 Å². The van der Waals surface area contributed by atoms with Gasteiger partial charge in [-0.1, -0.05) is 30.7 Å². The first-order valence-electron chi connectivity index (χ1n) is 6.54. The minimum Gasteiger partial charge on any atom is -0.491 e. The fourth-order valence-corrected chi connectivity index (χ4v) is 2.09. The second-order valence-electron chi connectivity index (χ2n) is 4.17. The average molecular weight is 284 g/mol. The van der Waals surface area contributed by atoms with E-state index in [0.717, 1.165) is 12.1 Å². The van der Waals surface area contributed by atoms with Gasteiger partial charge in [-0.2, -0.15) is 0 Å². The van der Waals surface area contributed by atoms with Crippen LogP contribution in [0.2, 0.25) is 5.02 Å². The number of methoxy groups -OCH3 is 1. The van der Waals surface area contributed by atoms with Gasteiger partial charge in [-0.15, -0.1) is 0 Å². The van der Waals surface area contributed by atoms with Crippen LogP contribution in [0.3, 0.4) is 0 Å². The third-order valence-electron chi connectivity index (χ3n) is 2.64. The highest BCUT2D eigenvalue weighted by atomic mass is 35.5. The van der Waals surface area contributed by atoms with Gasteiger partial charge in [-0.3, -0.25) is 0 Å². The number of rotatable bonds is 7. The Kier molecular flexibility index (Phi) is 6.74. The number of hydrogen-bond acceptors (Lipinski definition) is 3. The van der Waals surface area contributed by atoms with E-state index in [9.17, 15) is 0 Å². The van der Waals surface area contributed by atoms with Crippen molar-refractivity contribution in [2.45, 2.75) is 26.8 Å². The SMILES string of the molecule is CCNC(C)/C=C/c1cc(Cl)c(OC)c(OCC)c1. The van der Waals surface area contributed by atoms with Crippen LogP contribution < -0.4 is 14.8 Å². The molecule has 1 unspecified atom stereocenters. The Bertz CT molecular complexity index is 432. The predicted molar refractivity (Wildman–Crippen MR) is 81.3 cm³/mol. The first-order valence-corrected chi connectivity index (χ1v) is 6.92. The van der Waals surface area contributed by atoms with E-state index < -0.39 is 0 Å². The van der Waals surface area contributed by atoms with Gasteiger partial charge in [-0.05, 0) is 38.1 Å². The molecule has 0 radical (unpaired) electrons. The summed E-state index contributed by atoms with van der Waals surface area (Å²) in [6.07, 6.45) is 4.12. The molecule has 1 rings (SSSR count). The lowest BCUT2D eigenvalue weighted by Gasteiger charge is -2.12. The lowest BCUT2D eigenvalue weighted by atomic mass is 10.1. The molecule has 0 aliphatic rings. The molecule has 3 nitrogen and oxygen atoms in total. The van der Waals surface area contributed by atoms with E-state index in [1.807, 2.05) is 25.1 Å². The largest absolute Gasteiger partial charge is 0.491 e. The van der Waals surface area contributed by atoms with Gasteiger partial charge in [0.2, 0.25) is 0 Å². The minimum atomic E-state index is 0.321. The van der Waals surface area contributed by atoms with Crippen LogP contribution >= 0.6 is 11.6 Å². The summed E-state index contributed by atoms with van der Waals surface area (Å²) in [4.78, 5) is 0. The molecule has 0 fully saturated rings. The van der Waals surface area contributed by atoms with Gasteiger partial charge < -0.3 is 14.8 Å². The molecule has 0 saturated carbocycles. The molecule has 0 aromatic heterocycles.